The van der Waals surface area contributed by atoms with Crippen molar-refractivity contribution in [2.24, 2.45) is 0 Å². The van der Waals surface area contributed by atoms with Crippen LogP contribution in [0.2, 0.25) is 5.02 Å². The highest BCUT2D eigenvalue weighted by Crippen LogP contribution is 2.28. The zero-order valence-corrected chi connectivity index (χ0v) is 11.5. The SMILES string of the molecule is Cc1cc(Oc2ncc([N+](=O)[O-])cc2C(=O)O)ccc1Cl. The number of aromatic nitrogens is 1. The van der Waals surface area contributed by atoms with E-state index in [0.717, 1.165) is 17.8 Å². The summed E-state index contributed by atoms with van der Waals surface area (Å²) in [6.45, 7) is 1.76. The van der Waals surface area contributed by atoms with Gasteiger partial charge in [-0.2, -0.15) is 0 Å². The molecule has 1 aromatic heterocycles. The minimum absolute atomic E-state index is 0.227. The minimum atomic E-state index is -1.37. The summed E-state index contributed by atoms with van der Waals surface area (Å²) in [4.78, 5) is 24.8. The number of ether oxygens (including phenoxy) is 1. The molecule has 8 heteroatoms. The molecule has 0 spiro atoms. The number of pyridine rings is 1. The summed E-state index contributed by atoms with van der Waals surface area (Å²) in [5, 5.41) is 20.3. The van der Waals surface area contributed by atoms with Gasteiger partial charge in [-0.25, -0.2) is 9.78 Å². The van der Waals surface area contributed by atoms with Crippen molar-refractivity contribution < 1.29 is 19.6 Å². The fraction of sp³-hybridized carbons (Fsp3) is 0.0769. The fourth-order valence-corrected chi connectivity index (χ4v) is 1.69. The summed E-state index contributed by atoms with van der Waals surface area (Å²) in [6, 6.07) is 5.65. The summed E-state index contributed by atoms with van der Waals surface area (Å²) in [5.74, 6) is -1.26. The number of aromatic carboxylic acids is 1. The van der Waals surface area contributed by atoms with E-state index in [1.54, 1.807) is 25.1 Å². The van der Waals surface area contributed by atoms with E-state index in [1.807, 2.05) is 0 Å². The van der Waals surface area contributed by atoms with Gasteiger partial charge in [-0.3, -0.25) is 10.1 Å². The minimum Gasteiger partial charge on any atom is -0.477 e. The Morgan fingerprint density at radius 2 is 2.14 bits per heavy atom. The Balaban J connectivity index is 2.41. The van der Waals surface area contributed by atoms with Crippen molar-refractivity contribution in [2.75, 3.05) is 0 Å². The number of aryl methyl sites for hydroxylation is 1. The third-order valence-electron chi connectivity index (χ3n) is 2.62. The molecule has 21 heavy (non-hydrogen) atoms. The van der Waals surface area contributed by atoms with Crippen molar-refractivity contribution in [3.8, 4) is 11.6 Å². The van der Waals surface area contributed by atoms with Crippen LogP contribution >= 0.6 is 11.6 Å². The molecule has 1 heterocycles. The van der Waals surface area contributed by atoms with Gasteiger partial charge in [0.15, 0.2) is 0 Å². The van der Waals surface area contributed by atoms with Crippen LogP contribution in [0.3, 0.4) is 0 Å². The summed E-state index contributed by atoms with van der Waals surface area (Å²) < 4.78 is 5.37. The highest BCUT2D eigenvalue weighted by atomic mass is 35.5. The van der Waals surface area contributed by atoms with Gasteiger partial charge in [0, 0.05) is 11.1 Å². The van der Waals surface area contributed by atoms with E-state index in [1.165, 1.54) is 0 Å². The fourth-order valence-electron chi connectivity index (χ4n) is 1.57. The number of hydrogen-bond acceptors (Lipinski definition) is 5. The first-order valence-corrected chi connectivity index (χ1v) is 6.08. The quantitative estimate of drug-likeness (QED) is 0.685. The Morgan fingerprint density at radius 3 is 2.71 bits per heavy atom. The summed E-state index contributed by atoms with van der Waals surface area (Å²) in [6.07, 6.45) is 0.935. The van der Waals surface area contributed by atoms with Crippen LogP contribution in [0.4, 0.5) is 5.69 Å². The number of carboxylic acid groups (broad SMARTS) is 1. The van der Waals surface area contributed by atoms with Crippen molar-refractivity contribution >= 4 is 23.3 Å². The van der Waals surface area contributed by atoms with Crippen molar-refractivity contribution in [2.45, 2.75) is 6.92 Å². The second-order valence-electron chi connectivity index (χ2n) is 4.12. The highest BCUT2D eigenvalue weighted by Gasteiger charge is 2.19. The number of carboxylic acids is 1. The molecule has 2 rings (SSSR count). The number of halogens is 1. The predicted octanol–water partition coefficient (Wildman–Crippen LogP) is 3.44. The Hall–Kier alpha value is -2.67. The third-order valence-corrected chi connectivity index (χ3v) is 3.05. The maximum absolute atomic E-state index is 11.1. The molecule has 0 bridgehead atoms. The molecule has 0 aliphatic rings. The first-order chi connectivity index (χ1) is 9.88. The molecule has 0 amide bonds. The molecule has 1 N–H and O–H groups in total. The lowest BCUT2D eigenvalue weighted by Crippen LogP contribution is -2.03. The Labute approximate surface area is 123 Å². The number of rotatable bonds is 4. The Morgan fingerprint density at radius 1 is 1.43 bits per heavy atom. The first kappa shape index (κ1) is 14.7. The van der Waals surface area contributed by atoms with Gasteiger partial charge in [0.05, 0.1) is 4.92 Å². The molecule has 0 saturated heterocycles. The summed E-state index contributed by atoms with van der Waals surface area (Å²) in [7, 11) is 0. The number of nitro groups is 1. The number of benzene rings is 1. The average Bonchev–Trinajstić information content (AvgIpc) is 2.43. The zero-order chi connectivity index (χ0) is 15.6. The standard InChI is InChI=1S/C13H9ClN2O5/c1-7-4-9(2-3-11(7)14)21-12-10(13(17)18)5-8(6-15-12)16(19)20/h2-6H,1H3,(H,17,18). The lowest BCUT2D eigenvalue weighted by molar-refractivity contribution is -0.385. The lowest BCUT2D eigenvalue weighted by atomic mass is 10.2. The van der Waals surface area contributed by atoms with Crippen LogP contribution in [0.1, 0.15) is 15.9 Å². The Bertz CT molecular complexity index is 732. The molecule has 0 fully saturated rings. The number of carbonyl (C=O) groups is 1. The van der Waals surface area contributed by atoms with Gasteiger partial charge in [0.2, 0.25) is 5.88 Å². The molecule has 1 aromatic carbocycles. The highest BCUT2D eigenvalue weighted by molar-refractivity contribution is 6.31. The van der Waals surface area contributed by atoms with Crippen LogP contribution in [0.5, 0.6) is 11.6 Å². The first-order valence-electron chi connectivity index (χ1n) is 5.70. The van der Waals surface area contributed by atoms with Crippen LogP contribution < -0.4 is 4.74 Å². The van der Waals surface area contributed by atoms with Gasteiger partial charge in [0.1, 0.15) is 17.5 Å². The Kier molecular flexibility index (Phi) is 4.04. The molecular weight excluding hydrogens is 300 g/mol. The van der Waals surface area contributed by atoms with Gasteiger partial charge in [-0.05, 0) is 30.7 Å². The molecule has 0 aliphatic carbocycles. The second kappa shape index (κ2) is 5.76. The molecule has 0 radical (unpaired) electrons. The van der Waals surface area contributed by atoms with Crippen molar-refractivity contribution in [1.82, 2.24) is 4.98 Å². The van der Waals surface area contributed by atoms with E-state index >= 15 is 0 Å². The van der Waals surface area contributed by atoms with E-state index in [9.17, 15) is 14.9 Å². The van der Waals surface area contributed by atoms with Crippen LogP contribution in [0, 0.1) is 17.0 Å². The monoisotopic (exact) mass is 308 g/mol. The predicted molar refractivity (Wildman–Crippen MR) is 74.1 cm³/mol. The largest absolute Gasteiger partial charge is 0.477 e. The van der Waals surface area contributed by atoms with Gasteiger partial charge in [-0.15, -0.1) is 0 Å². The van der Waals surface area contributed by atoms with E-state index in [0.29, 0.717) is 10.8 Å². The average molecular weight is 309 g/mol. The van der Waals surface area contributed by atoms with E-state index < -0.39 is 22.1 Å². The zero-order valence-electron chi connectivity index (χ0n) is 10.7. The van der Waals surface area contributed by atoms with Crippen molar-refractivity contribution in [3.63, 3.8) is 0 Å². The van der Waals surface area contributed by atoms with Crippen molar-refractivity contribution in [3.05, 3.63) is 56.7 Å². The number of hydrogen-bond donors (Lipinski definition) is 1. The molecular formula is C13H9ClN2O5. The molecule has 0 saturated carbocycles. The van der Waals surface area contributed by atoms with Crippen LogP contribution in [-0.2, 0) is 0 Å². The van der Waals surface area contributed by atoms with Gasteiger partial charge >= 0.3 is 5.97 Å². The van der Waals surface area contributed by atoms with Gasteiger partial charge in [0.25, 0.3) is 5.69 Å². The molecule has 108 valence electrons. The molecule has 2 aromatic rings. The van der Waals surface area contributed by atoms with Crippen molar-refractivity contribution in [1.29, 1.82) is 0 Å². The second-order valence-corrected chi connectivity index (χ2v) is 4.53. The van der Waals surface area contributed by atoms with Crippen LogP contribution in [0.25, 0.3) is 0 Å². The molecule has 7 nitrogen and oxygen atoms in total. The smallest absolute Gasteiger partial charge is 0.341 e. The molecule has 0 aliphatic heterocycles. The van der Waals surface area contributed by atoms with Crippen LogP contribution in [0.15, 0.2) is 30.5 Å². The maximum Gasteiger partial charge on any atom is 0.341 e. The van der Waals surface area contributed by atoms with Crippen LogP contribution in [-0.4, -0.2) is 21.0 Å². The van der Waals surface area contributed by atoms with Gasteiger partial charge < -0.3 is 9.84 Å². The normalized spacial score (nSPS) is 10.2. The van der Waals surface area contributed by atoms with E-state index in [2.05, 4.69) is 4.98 Å². The maximum atomic E-state index is 11.1. The third kappa shape index (κ3) is 3.26. The number of nitrogens with zero attached hydrogens (tertiary/aromatic N) is 2. The van der Waals surface area contributed by atoms with E-state index in [-0.39, 0.29) is 5.88 Å². The van der Waals surface area contributed by atoms with Gasteiger partial charge in [-0.1, -0.05) is 11.6 Å². The summed E-state index contributed by atoms with van der Waals surface area (Å²) in [5.41, 5.74) is -0.0724. The summed E-state index contributed by atoms with van der Waals surface area (Å²) >= 11 is 5.88. The molecule has 0 unspecified atom stereocenters. The topological polar surface area (TPSA) is 103 Å². The molecule has 0 atom stereocenters. The lowest BCUT2D eigenvalue weighted by Gasteiger charge is -2.08. The van der Waals surface area contributed by atoms with E-state index in [4.69, 9.17) is 21.4 Å².